The van der Waals surface area contributed by atoms with Gasteiger partial charge in [-0.2, -0.15) is 0 Å². The van der Waals surface area contributed by atoms with E-state index >= 15 is 0 Å². The summed E-state index contributed by atoms with van der Waals surface area (Å²) in [6.45, 7) is 7.15. The van der Waals surface area contributed by atoms with E-state index in [4.69, 9.17) is 19.2 Å². The maximum absolute atomic E-state index is 13.1. The lowest BCUT2D eigenvalue weighted by atomic mass is 10.1. The predicted molar refractivity (Wildman–Crippen MR) is 138 cm³/mol. The molecule has 3 aliphatic heterocycles. The molecule has 0 atom stereocenters. The molecule has 0 aliphatic carbocycles. The molecule has 2 aromatic rings. The Morgan fingerprint density at radius 3 is 2.76 bits per heavy atom. The largest absolute Gasteiger partial charge is 0.493 e. The van der Waals surface area contributed by atoms with Crippen LogP contribution in [0.5, 0.6) is 11.5 Å². The number of aromatic nitrogens is 1. The summed E-state index contributed by atoms with van der Waals surface area (Å²) in [5.74, 6) is 2.51. The number of amides is 1. The number of fused-ring (bicyclic) bond motifs is 3. The molecule has 1 fully saturated rings. The summed E-state index contributed by atoms with van der Waals surface area (Å²) in [6.07, 6.45) is 2.99. The minimum absolute atomic E-state index is 0.224. The lowest BCUT2D eigenvalue weighted by Crippen LogP contribution is -2.39. The third-order valence-electron chi connectivity index (χ3n) is 6.34. The third-order valence-corrected chi connectivity index (χ3v) is 6.34. The maximum atomic E-state index is 13.1. The molecule has 0 bridgehead atoms. The van der Waals surface area contributed by atoms with E-state index in [0.717, 1.165) is 49.9 Å². The van der Waals surface area contributed by atoms with E-state index in [-0.39, 0.29) is 11.7 Å². The highest BCUT2D eigenvalue weighted by molar-refractivity contribution is 6.11. The Kier molecular flexibility index (Phi) is 7.33. The molecule has 1 amide bonds. The number of nitrogens with one attached hydrogen (secondary N) is 2. The van der Waals surface area contributed by atoms with Crippen molar-refractivity contribution in [1.29, 1.82) is 0 Å². The van der Waals surface area contributed by atoms with E-state index in [2.05, 4.69) is 20.5 Å². The van der Waals surface area contributed by atoms with Crippen molar-refractivity contribution < 1.29 is 23.8 Å². The fourth-order valence-corrected chi connectivity index (χ4v) is 4.50. The number of anilines is 2. The van der Waals surface area contributed by atoms with Crippen molar-refractivity contribution in [3.8, 4) is 11.5 Å². The Morgan fingerprint density at radius 2 is 2.03 bits per heavy atom. The van der Waals surface area contributed by atoms with Crippen molar-refractivity contribution in [2.45, 2.75) is 6.92 Å². The van der Waals surface area contributed by atoms with Gasteiger partial charge in [-0.05, 0) is 24.3 Å². The van der Waals surface area contributed by atoms with Crippen LogP contribution in [0.1, 0.15) is 22.8 Å². The first-order chi connectivity index (χ1) is 18.0. The van der Waals surface area contributed by atoms with E-state index in [1.165, 1.54) is 19.2 Å². The summed E-state index contributed by atoms with van der Waals surface area (Å²) in [5, 5.41) is 6.01. The molecule has 1 aromatic heterocycles. The first-order valence-corrected chi connectivity index (χ1v) is 12.3. The summed E-state index contributed by atoms with van der Waals surface area (Å²) < 4.78 is 17.3. The SMILES string of the molecule is COc1ccc2c(c1OCCN1CCOCC1)NC(=CC(=O)c1ccc(NC(C)=O)nc1)N1CCN=C21. The first kappa shape index (κ1) is 24.7. The molecule has 11 heteroatoms. The smallest absolute Gasteiger partial charge is 0.222 e. The summed E-state index contributed by atoms with van der Waals surface area (Å²) >= 11 is 0. The molecule has 4 heterocycles. The molecule has 1 aromatic carbocycles. The minimum Gasteiger partial charge on any atom is -0.493 e. The number of allylic oxidation sites excluding steroid dienone is 1. The molecule has 194 valence electrons. The van der Waals surface area contributed by atoms with E-state index < -0.39 is 0 Å². The normalized spacial score (nSPS) is 17.9. The number of ketones is 1. The molecular formula is C26H30N6O5. The van der Waals surface area contributed by atoms with Crippen molar-refractivity contribution in [2.24, 2.45) is 4.99 Å². The minimum atomic E-state index is -0.225. The molecule has 5 rings (SSSR count). The Balaban J connectivity index is 1.40. The lowest BCUT2D eigenvalue weighted by molar-refractivity contribution is -0.114. The van der Waals surface area contributed by atoms with Crippen LogP contribution in [0.2, 0.25) is 0 Å². The van der Waals surface area contributed by atoms with Crippen LogP contribution < -0.4 is 20.1 Å². The summed E-state index contributed by atoms with van der Waals surface area (Å²) in [5.41, 5.74) is 2.02. The second-order valence-electron chi connectivity index (χ2n) is 8.81. The van der Waals surface area contributed by atoms with E-state index in [1.54, 1.807) is 19.2 Å². The Morgan fingerprint density at radius 1 is 1.19 bits per heavy atom. The van der Waals surface area contributed by atoms with Crippen LogP contribution in [0, 0.1) is 0 Å². The van der Waals surface area contributed by atoms with Gasteiger partial charge in [0.1, 0.15) is 24.1 Å². The fraction of sp³-hybridized carbons (Fsp3) is 0.385. The Bertz CT molecular complexity index is 1240. The van der Waals surface area contributed by atoms with Crippen molar-refractivity contribution >= 4 is 29.0 Å². The van der Waals surface area contributed by atoms with Gasteiger partial charge in [-0.15, -0.1) is 0 Å². The highest BCUT2D eigenvalue weighted by atomic mass is 16.5. The van der Waals surface area contributed by atoms with Crippen molar-refractivity contribution in [3.63, 3.8) is 0 Å². The zero-order valence-electron chi connectivity index (χ0n) is 21.0. The third kappa shape index (κ3) is 5.42. The number of hydrogen-bond acceptors (Lipinski definition) is 10. The lowest BCUT2D eigenvalue weighted by Gasteiger charge is -2.33. The van der Waals surface area contributed by atoms with Gasteiger partial charge in [-0.3, -0.25) is 19.5 Å². The first-order valence-electron chi connectivity index (χ1n) is 12.3. The van der Waals surface area contributed by atoms with Crippen molar-refractivity contribution in [2.75, 3.05) is 70.3 Å². The molecule has 1 saturated heterocycles. The van der Waals surface area contributed by atoms with E-state index in [9.17, 15) is 9.59 Å². The second kappa shape index (κ2) is 11.0. The number of rotatable bonds is 8. The fourth-order valence-electron chi connectivity index (χ4n) is 4.50. The Labute approximate surface area is 215 Å². The highest BCUT2D eigenvalue weighted by Gasteiger charge is 2.33. The van der Waals surface area contributed by atoms with Crippen LogP contribution in [-0.4, -0.2) is 92.0 Å². The number of ether oxygens (including phenoxy) is 3. The standard InChI is InChI=1S/C26H30N6O5/c1-17(33)29-22-6-3-18(16-28-22)20(34)15-23-30-24-19(26-27-7-8-32(23)26)4-5-21(35-2)25(24)37-14-11-31-9-12-36-13-10-31/h3-6,15-16,30H,7-14H2,1-2H3,(H,28,29,33). The topological polar surface area (TPSA) is 118 Å². The molecule has 2 N–H and O–H groups in total. The zero-order chi connectivity index (χ0) is 25.8. The summed E-state index contributed by atoms with van der Waals surface area (Å²) in [7, 11) is 1.61. The molecule has 0 unspecified atom stereocenters. The van der Waals surface area contributed by atoms with Gasteiger partial charge in [0.2, 0.25) is 5.91 Å². The van der Waals surface area contributed by atoms with Gasteiger partial charge in [0.15, 0.2) is 17.3 Å². The van der Waals surface area contributed by atoms with Crippen LogP contribution in [-0.2, 0) is 9.53 Å². The number of carbonyl (C=O) groups excluding carboxylic acids is 2. The van der Waals surface area contributed by atoms with Crippen LogP contribution in [0.3, 0.4) is 0 Å². The van der Waals surface area contributed by atoms with Gasteiger partial charge in [-0.25, -0.2) is 4.98 Å². The number of methoxy groups -OCH3 is 1. The van der Waals surface area contributed by atoms with Crippen LogP contribution >= 0.6 is 0 Å². The van der Waals surface area contributed by atoms with Gasteiger partial charge < -0.3 is 29.7 Å². The van der Waals surface area contributed by atoms with Gasteiger partial charge >= 0.3 is 0 Å². The molecule has 0 radical (unpaired) electrons. The quantitative estimate of drug-likeness (QED) is 0.409. The van der Waals surface area contributed by atoms with E-state index in [1.807, 2.05) is 17.0 Å². The number of pyridine rings is 1. The molecule has 11 nitrogen and oxygen atoms in total. The average molecular weight is 507 g/mol. The second-order valence-corrected chi connectivity index (χ2v) is 8.81. The number of hydrogen-bond donors (Lipinski definition) is 2. The van der Waals surface area contributed by atoms with Crippen LogP contribution in [0.15, 0.2) is 47.4 Å². The summed E-state index contributed by atoms with van der Waals surface area (Å²) in [4.78, 5) is 37.5. The van der Waals surface area contributed by atoms with Crippen molar-refractivity contribution in [3.05, 3.63) is 53.5 Å². The maximum Gasteiger partial charge on any atom is 0.222 e. The van der Waals surface area contributed by atoms with Gasteiger partial charge in [-0.1, -0.05) is 0 Å². The van der Waals surface area contributed by atoms with Gasteiger partial charge in [0, 0.05) is 56.5 Å². The molecular weight excluding hydrogens is 476 g/mol. The molecule has 3 aliphatic rings. The average Bonchev–Trinajstić information content (AvgIpc) is 3.40. The number of carbonyl (C=O) groups is 2. The van der Waals surface area contributed by atoms with Crippen LogP contribution in [0.25, 0.3) is 0 Å². The number of nitrogens with zero attached hydrogens (tertiary/aromatic N) is 4. The van der Waals surface area contributed by atoms with Gasteiger partial charge in [0.25, 0.3) is 0 Å². The highest BCUT2D eigenvalue weighted by Crippen LogP contribution is 2.43. The Hall–Kier alpha value is -3.96. The molecule has 37 heavy (non-hydrogen) atoms. The number of morpholine rings is 1. The number of amidine groups is 1. The molecule has 0 saturated carbocycles. The predicted octanol–water partition coefficient (Wildman–Crippen LogP) is 1.97. The molecule has 0 spiro atoms. The monoisotopic (exact) mass is 506 g/mol. The van der Waals surface area contributed by atoms with Crippen LogP contribution in [0.4, 0.5) is 11.5 Å². The van der Waals surface area contributed by atoms with Gasteiger partial charge in [0.05, 0.1) is 32.6 Å². The zero-order valence-corrected chi connectivity index (χ0v) is 21.0. The number of aliphatic imine (C=N–C) groups is 1. The van der Waals surface area contributed by atoms with Crippen molar-refractivity contribution in [1.82, 2.24) is 14.8 Å². The number of benzene rings is 1. The summed E-state index contributed by atoms with van der Waals surface area (Å²) in [6, 6.07) is 7.07. The van der Waals surface area contributed by atoms with E-state index in [0.29, 0.717) is 48.4 Å².